The number of nitrogens with two attached hydrogens (primary N) is 1. The number of carboxylic acid groups (broad SMARTS) is 1. The smallest absolute Gasteiger partial charge is 0.329 e. The second-order valence-corrected chi connectivity index (χ2v) is 6.33. The number of aliphatic carboxylic acids is 1. The third-order valence-corrected chi connectivity index (χ3v) is 4.07. The zero-order valence-corrected chi connectivity index (χ0v) is 12.3. The quantitative estimate of drug-likeness (QED) is 0.815. The second-order valence-electron chi connectivity index (χ2n) is 4.80. The number of likely N-dealkylation sites (N-methyl/N-ethyl adjacent to an activating group) is 1. The van der Waals surface area contributed by atoms with Gasteiger partial charge in [-0.2, -0.15) is 0 Å². The van der Waals surface area contributed by atoms with Crippen LogP contribution in [0.5, 0.6) is 0 Å². The number of amides is 1. The summed E-state index contributed by atoms with van der Waals surface area (Å²) in [5, 5.41) is 14.0. The van der Waals surface area contributed by atoms with E-state index in [1.54, 1.807) is 0 Å². The van der Waals surface area contributed by atoms with Gasteiger partial charge in [0.25, 0.3) is 5.91 Å². The van der Waals surface area contributed by atoms with Gasteiger partial charge in [0, 0.05) is 13.1 Å². The number of carbonyl (C=O) groups excluding carboxylic acids is 1. The topological polar surface area (TPSA) is 131 Å². The average Bonchev–Trinajstić information content (AvgIpc) is 2.68. The minimum Gasteiger partial charge on any atom is -0.480 e. The lowest BCUT2D eigenvalue weighted by Gasteiger charge is -2.30. The minimum absolute atomic E-state index is 0.0302. The van der Waals surface area contributed by atoms with Gasteiger partial charge in [-0.05, 0) is 20.8 Å². The lowest BCUT2D eigenvalue weighted by atomic mass is 10.0. The van der Waals surface area contributed by atoms with Crippen LogP contribution in [0.3, 0.4) is 0 Å². The van der Waals surface area contributed by atoms with Gasteiger partial charge in [0.15, 0.2) is 5.76 Å². The van der Waals surface area contributed by atoms with Gasteiger partial charge in [-0.3, -0.25) is 4.79 Å². The summed E-state index contributed by atoms with van der Waals surface area (Å²) in [5.41, 5.74) is -1.47. The molecule has 0 aromatic carbocycles. The molecule has 1 aromatic heterocycles. The van der Waals surface area contributed by atoms with Crippen molar-refractivity contribution < 1.29 is 27.5 Å². The molecule has 1 aromatic rings. The Bertz CT molecular complexity index is 658. The van der Waals surface area contributed by atoms with Crippen molar-refractivity contribution in [3.63, 3.8) is 0 Å². The van der Waals surface area contributed by atoms with E-state index in [-0.39, 0.29) is 16.4 Å². The van der Waals surface area contributed by atoms with Crippen molar-refractivity contribution in [2.45, 2.75) is 31.2 Å². The number of primary sulfonamides is 1. The zero-order chi connectivity index (χ0) is 15.9. The van der Waals surface area contributed by atoms with Crippen LogP contribution in [0, 0.1) is 6.92 Å². The Hall–Kier alpha value is -1.87. The van der Waals surface area contributed by atoms with Gasteiger partial charge in [-0.15, -0.1) is 0 Å². The molecule has 0 spiro atoms. The molecule has 0 atom stereocenters. The van der Waals surface area contributed by atoms with E-state index in [2.05, 4.69) is 0 Å². The van der Waals surface area contributed by atoms with Crippen molar-refractivity contribution in [3.05, 3.63) is 17.6 Å². The van der Waals surface area contributed by atoms with E-state index >= 15 is 0 Å². The molecule has 0 fully saturated rings. The molecule has 0 unspecified atom stereocenters. The summed E-state index contributed by atoms with van der Waals surface area (Å²) in [4.78, 5) is 23.9. The van der Waals surface area contributed by atoms with Crippen LogP contribution in [0.4, 0.5) is 0 Å². The summed E-state index contributed by atoms with van der Waals surface area (Å²) in [6.45, 7) is 4.02. The highest BCUT2D eigenvalue weighted by Crippen LogP contribution is 2.22. The Labute approximate surface area is 116 Å². The first-order valence-corrected chi connectivity index (χ1v) is 7.08. The molecule has 1 amide bonds. The van der Waals surface area contributed by atoms with Crippen LogP contribution >= 0.6 is 0 Å². The Balaban J connectivity index is 3.21. The Morgan fingerprint density at radius 3 is 2.25 bits per heavy atom. The number of furan rings is 1. The lowest BCUT2D eigenvalue weighted by molar-refractivity contribution is -0.147. The third-order valence-electron chi connectivity index (χ3n) is 3.06. The molecule has 0 saturated carbocycles. The van der Waals surface area contributed by atoms with Gasteiger partial charge in [0.1, 0.15) is 16.2 Å². The van der Waals surface area contributed by atoms with E-state index in [1.807, 2.05) is 0 Å². The summed E-state index contributed by atoms with van der Waals surface area (Å²) >= 11 is 0. The van der Waals surface area contributed by atoms with E-state index in [0.29, 0.717) is 0 Å². The number of aryl methyl sites for hydroxylation is 1. The predicted molar refractivity (Wildman–Crippen MR) is 68.6 cm³/mol. The van der Waals surface area contributed by atoms with Crippen LogP contribution in [0.1, 0.15) is 30.2 Å². The summed E-state index contributed by atoms with van der Waals surface area (Å²) < 4.78 is 27.6. The number of hydrogen-bond donors (Lipinski definition) is 2. The van der Waals surface area contributed by atoms with Crippen molar-refractivity contribution in [2.24, 2.45) is 5.14 Å². The second kappa shape index (κ2) is 4.91. The first-order chi connectivity index (χ1) is 8.89. The zero-order valence-electron chi connectivity index (χ0n) is 11.5. The predicted octanol–water partition coefficient (Wildman–Crippen LogP) is 0.171. The molecule has 112 valence electrons. The summed E-state index contributed by atoms with van der Waals surface area (Å²) in [6, 6.07) is 0.988. The van der Waals surface area contributed by atoms with Crippen LogP contribution in [-0.4, -0.2) is 42.9 Å². The Morgan fingerprint density at radius 1 is 1.40 bits per heavy atom. The largest absolute Gasteiger partial charge is 0.480 e. The van der Waals surface area contributed by atoms with Crippen LogP contribution in [0.15, 0.2) is 15.4 Å². The lowest BCUT2D eigenvalue weighted by Crippen LogP contribution is -2.50. The third kappa shape index (κ3) is 2.83. The van der Waals surface area contributed by atoms with Gasteiger partial charge < -0.3 is 14.4 Å². The van der Waals surface area contributed by atoms with Crippen molar-refractivity contribution in [3.8, 4) is 0 Å². The molecule has 1 rings (SSSR count). The SMILES string of the molecule is Cc1oc(C(=O)N(C)C(C)(C)C(=O)O)cc1S(N)(=O)=O. The van der Waals surface area contributed by atoms with Crippen LogP contribution in [0.25, 0.3) is 0 Å². The van der Waals surface area contributed by atoms with Gasteiger partial charge in [0.05, 0.1) is 0 Å². The molecule has 0 aliphatic heterocycles. The van der Waals surface area contributed by atoms with E-state index in [0.717, 1.165) is 11.0 Å². The number of nitrogens with zero attached hydrogens (tertiary/aromatic N) is 1. The number of carbonyl (C=O) groups is 2. The molecular formula is C11H16N2O6S. The van der Waals surface area contributed by atoms with Gasteiger partial charge in [0.2, 0.25) is 10.0 Å². The highest BCUT2D eigenvalue weighted by Gasteiger charge is 2.37. The van der Waals surface area contributed by atoms with Crippen LogP contribution < -0.4 is 5.14 Å². The fourth-order valence-electron chi connectivity index (χ4n) is 1.42. The van der Waals surface area contributed by atoms with Gasteiger partial charge in [-0.1, -0.05) is 0 Å². The molecule has 3 N–H and O–H groups in total. The number of carboxylic acids is 1. The molecule has 0 saturated heterocycles. The first-order valence-electron chi connectivity index (χ1n) is 5.54. The molecule has 1 heterocycles. The molecule has 20 heavy (non-hydrogen) atoms. The van der Waals surface area contributed by atoms with E-state index < -0.39 is 27.4 Å². The fraction of sp³-hybridized carbons (Fsp3) is 0.455. The monoisotopic (exact) mass is 304 g/mol. The molecule has 0 aliphatic carbocycles. The maximum Gasteiger partial charge on any atom is 0.329 e. The summed E-state index contributed by atoms with van der Waals surface area (Å²) in [5.74, 6) is -2.28. The molecular weight excluding hydrogens is 288 g/mol. The number of rotatable bonds is 4. The molecule has 8 nitrogen and oxygen atoms in total. The summed E-state index contributed by atoms with van der Waals surface area (Å²) in [7, 11) is -2.72. The fourth-order valence-corrected chi connectivity index (χ4v) is 2.13. The average molecular weight is 304 g/mol. The van der Waals surface area contributed by atoms with Gasteiger partial charge in [-0.25, -0.2) is 18.4 Å². The Kier molecular flexibility index (Phi) is 3.97. The standard InChI is InChI=1S/C11H16N2O6S/c1-6-8(20(12,17)18)5-7(19-6)9(14)13(4)11(2,3)10(15)16/h5H,1-4H3,(H,15,16)(H2,12,17,18). The van der Waals surface area contributed by atoms with E-state index in [1.165, 1.54) is 27.8 Å². The highest BCUT2D eigenvalue weighted by molar-refractivity contribution is 7.89. The molecule has 0 bridgehead atoms. The summed E-state index contributed by atoms with van der Waals surface area (Å²) in [6.07, 6.45) is 0. The normalized spacial score (nSPS) is 12.2. The Morgan fingerprint density at radius 2 is 1.90 bits per heavy atom. The molecule has 0 radical (unpaired) electrons. The van der Waals surface area contributed by atoms with Crippen molar-refractivity contribution in [1.29, 1.82) is 0 Å². The number of hydrogen-bond acceptors (Lipinski definition) is 5. The minimum atomic E-state index is -4.00. The maximum absolute atomic E-state index is 12.1. The molecule has 9 heteroatoms. The first kappa shape index (κ1) is 16.2. The highest BCUT2D eigenvalue weighted by atomic mass is 32.2. The van der Waals surface area contributed by atoms with Crippen molar-refractivity contribution in [1.82, 2.24) is 4.90 Å². The maximum atomic E-state index is 12.1. The van der Waals surface area contributed by atoms with Gasteiger partial charge >= 0.3 is 5.97 Å². The van der Waals surface area contributed by atoms with E-state index in [9.17, 15) is 18.0 Å². The van der Waals surface area contributed by atoms with Crippen LogP contribution in [-0.2, 0) is 14.8 Å². The van der Waals surface area contributed by atoms with Crippen molar-refractivity contribution >= 4 is 21.9 Å². The molecule has 0 aliphatic rings. The van der Waals surface area contributed by atoms with E-state index in [4.69, 9.17) is 14.7 Å². The van der Waals surface area contributed by atoms with Crippen molar-refractivity contribution in [2.75, 3.05) is 7.05 Å². The van der Waals surface area contributed by atoms with Crippen LogP contribution in [0.2, 0.25) is 0 Å². The number of sulfonamides is 1.